The first-order valence-corrected chi connectivity index (χ1v) is 12.9. The Hall–Kier alpha value is -3.06. The number of ketones is 1. The Morgan fingerprint density at radius 3 is 2.03 bits per heavy atom. The summed E-state index contributed by atoms with van der Waals surface area (Å²) in [6, 6.07) is 4.72. The van der Waals surface area contributed by atoms with E-state index in [0.717, 1.165) is 26.2 Å². The number of ether oxygens (including phenoxy) is 3. The molecule has 13 heteroatoms. The molecule has 0 bridgehead atoms. The van der Waals surface area contributed by atoms with E-state index >= 15 is 0 Å². The molecule has 0 aromatic heterocycles. The summed E-state index contributed by atoms with van der Waals surface area (Å²) in [5, 5.41) is 25.1. The summed E-state index contributed by atoms with van der Waals surface area (Å²) >= 11 is 0. The highest BCUT2D eigenvalue weighted by molar-refractivity contribution is 6.24. The van der Waals surface area contributed by atoms with Crippen LogP contribution in [-0.2, 0) is 9.47 Å². The van der Waals surface area contributed by atoms with Gasteiger partial charge in [0, 0.05) is 30.3 Å². The van der Waals surface area contributed by atoms with Crippen molar-refractivity contribution < 1.29 is 28.9 Å². The van der Waals surface area contributed by atoms with Crippen molar-refractivity contribution in [3.63, 3.8) is 0 Å². The van der Waals surface area contributed by atoms with Gasteiger partial charge in [0.1, 0.15) is 28.0 Å². The van der Waals surface area contributed by atoms with Gasteiger partial charge in [0.25, 0.3) is 0 Å². The van der Waals surface area contributed by atoms with E-state index in [1.54, 1.807) is 12.1 Å². The van der Waals surface area contributed by atoms with Gasteiger partial charge in [-0.3, -0.25) is 25.0 Å². The fraction of sp³-hybridized carbons (Fsp3) is 0.577. The fourth-order valence-electron chi connectivity index (χ4n) is 5.01. The molecule has 39 heavy (non-hydrogen) atoms. The average molecular weight is 569 g/mol. The lowest BCUT2D eigenvalue weighted by Crippen LogP contribution is -2.60. The molecule has 1 aromatic carbocycles. The zero-order chi connectivity index (χ0) is 28.0. The maximum Gasteiger partial charge on any atom is 0.517 e. The van der Waals surface area contributed by atoms with Crippen LogP contribution in [0.5, 0.6) is 5.75 Å². The summed E-state index contributed by atoms with van der Waals surface area (Å²) in [6.07, 6.45) is -0.427. The number of carbonyl (C=O) groups excluding carboxylic acids is 1. The van der Waals surface area contributed by atoms with Crippen LogP contribution < -0.4 is 4.74 Å². The van der Waals surface area contributed by atoms with Gasteiger partial charge in [0.15, 0.2) is 5.57 Å². The molecule has 1 unspecified atom stereocenters. The molecular weight excluding hydrogens is 532 g/mol. The third-order valence-corrected chi connectivity index (χ3v) is 7.25. The monoisotopic (exact) mass is 568 g/mol. The van der Waals surface area contributed by atoms with Gasteiger partial charge >= 0.3 is 5.66 Å². The maximum atomic E-state index is 13.7. The summed E-state index contributed by atoms with van der Waals surface area (Å²) in [5.41, 5.74) is -3.27. The predicted molar refractivity (Wildman–Crippen MR) is 148 cm³/mol. The van der Waals surface area contributed by atoms with Crippen LogP contribution in [0, 0.1) is 20.2 Å². The molecule has 2 aliphatic rings. The SMILES string of the molecule is CCN(CC)CCOc1cccc2c1C1=C(C2=O)C([N+](=O)[O-])([N+](=O)[O-])C(OCCN(CC)CC)C=C1OC.Cl. The Morgan fingerprint density at radius 1 is 0.949 bits per heavy atom. The second-order valence-corrected chi connectivity index (χ2v) is 8.93. The molecule has 0 saturated carbocycles. The van der Waals surface area contributed by atoms with Gasteiger partial charge in [0.05, 0.1) is 19.3 Å². The van der Waals surface area contributed by atoms with Crippen molar-refractivity contribution in [3.8, 4) is 5.75 Å². The van der Waals surface area contributed by atoms with Crippen LogP contribution in [0.15, 0.2) is 35.6 Å². The molecule has 12 nitrogen and oxygen atoms in total. The maximum absolute atomic E-state index is 13.7. The zero-order valence-electron chi connectivity index (χ0n) is 23.0. The molecule has 0 spiro atoms. The van der Waals surface area contributed by atoms with Gasteiger partial charge in [-0.1, -0.05) is 39.8 Å². The number of hydrogen-bond donors (Lipinski definition) is 0. The molecule has 0 aliphatic heterocycles. The van der Waals surface area contributed by atoms with Crippen molar-refractivity contribution in [2.45, 2.75) is 39.5 Å². The minimum absolute atomic E-state index is 0. The number of benzene rings is 1. The van der Waals surface area contributed by atoms with E-state index in [9.17, 15) is 25.0 Å². The highest BCUT2D eigenvalue weighted by atomic mass is 35.5. The third-order valence-electron chi connectivity index (χ3n) is 7.25. The zero-order valence-corrected chi connectivity index (χ0v) is 23.8. The average Bonchev–Trinajstić information content (AvgIpc) is 3.21. The molecule has 0 saturated heterocycles. The first-order chi connectivity index (χ1) is 18.2. The standard InChI is InChI=1S/C26H36N4O8.ClH/c1-6-27(7-2)13-15-37-19-12-10-11-18-22(19)23-20(36-5)17-21(38-16-14-28(8-3)9-4)26(29(32)33,30(34)35)24(23)25(18)31;/h10-12,17,21H,6-9,13-16H2,1-5H3;1H. The number of Topliss-reactive ketones (excluding diaryl/α,β-unsaturated/α-hetero) is 1. The van der Waals surface area contributed by atoms with E-state index < -0.39 is 33.0 Å². The molecule has 216 valence electrons. The number of allylic oxidation sites excluding steroid dienone is 1. The van der Waals surface area contributed by atoms with Crippen molar-refractivity contribution in [1.82, 2.24) is 9.80 Å². The Labute approximate surface area is 234 Å². The molecule has 1 aromatic rings. The van der Waals surface area contributed by atoms with E-state index in [2.05, 4.69) is 4.90 Å². The summed E-state index contributed by atoms with van der Waals surface area (Å²) in [4.78, 5) is 40.9. The highest BCUT2D eigenvalue weighted by Crippen LogP contribution is 2.51. The summed E-state index contributed by atoms with van der Waals surface area (Å²) in [5.74, 6) is -0.408. The lowest BCUT2D eigenvalue weighted by molar-refractivity contribution is -0.791. The number of fused-ring (bicyclic) bond motifs is 2. The predicted octanol–water partition coefficient (Wildman–Crippen LogP) is 3.30. The Kier molecular flexibility index (Phi) is 11.4. The Balaban J connectivity index is 0.00000533. The topological polar surface area (TPSA) is 138 Å². The summed E-state index contributed by atoms with van der Waals surface area (Å²) in [6.45, 7) is 12.4. The van der Waals surface area contributed by atoms with Gasteiger partial charge in [0.2, 0.25) is 11.9 Å². The highest BCUT2D eigenvalue weighted by Gasteiger charge is 2.73. The molecule has 1 atom stereocenters. The molecular formula is C26H37ClN4O8. The van der Waals surface area contributed by atoms with Crippen LogP contribution in [-0.4, -0.2) is 96.8 Å². The van der Waals surface area contributed by atoms with Gasteiger partial charge < -0.3 is 24.0 Å². The summed E-state index contributed by atoms with van der Waals surface area (Å²) < 4.78 is 17.3. The fourth-order valence-corrected chi connectivity index (χ4v) is 5.01. The Bertz CT molecular complexity index is 1120. The molecule has 0 fully saturated rings. The minimum atomic E-state index is -3.05. The molecule has 3 rings (SSSR count). The van der Waals surface area contributed by atoms with Crippen molar-refractivity contribution >= 4 is 23.8 Å². The van der Waals surface area contributed by atoms with Crippen molar-refractivity contribution in [1.29, 1.82) is 0 Å². The van der Waals surface area contributed by atoms with E-state index in [-0.39, 0.29) is 41.5 Å². The van der Waals surface area contributed by atoms with Crippen LogP contribution in [0.25, 0.3) is 5.57 Å². The van der Waals surface area contributed by atoms with Crippen LogP contribution >= 0.6 is 12.4 Å². The summed E-state index contributed by atoms with van der Waals surface area (Å²) in [7, 11) is 1.35. The molecule has 2 aliphatic carbocycles. The number of halogens is 1. The van der Waals surface area contributed by atoms with Crippen molar-refractivity contribution in [2.75, 3.05) is 59.6 Å². The second-order valence-electron chi connectivity index (χ2n) is 8.93. The normalized spacial score (nSPS) is 17.5. The number of nitro groups is 2. The van der Waals surface area contributed by atoms with Crippen LogP contribution in [0.3, 0.4) is 0 Å². The van der Waals surface area contributed by atoms with Crippen molar-refractivity contribution in [3.05, 3.63) is 67.0 Å². The van der Waals surface area contributed by atoms with Gasteiger partial charge in [-0.15, -0.1) is 12.4 Å². The Morgan fingerprint density at radius 2 is 1.51 bits per heavy atom. The van der Waals surface area contributed by atoms with Crippen molar-refractivity contribution in [2.24, 2.45) is 0 Å². The lowest BCUT2D eigenvalue weighted by atomic mass is 9.83. The number of methoxy groups -OCH3 is 1. The minimum Gasteiger partial charge on any atom is -0.496 e. The first kappa shape index (κ1) is 32.2. The quantitative estimate of drug-likeness (QED) is 0.176. The third kappa shape index (κ3) is 5.79. The van der Waals surface area contributed by atoms with Gasteiger partial charge in [-0.05, 0) is 32.2 Å². The molecule has 0 amide bonds. The number of hydrogen-bond acceptors (Lipinski definition) is 10. The first-order valence-electron chi connectivity index (χ1n) is 12.9. The number of nitrogens with zero attached hydrogens (tertiary/aromatic N) is 4. The number of likely N-dealkylation sites (N-methyl/N-ethyl adjacent to an activating group) is 2. The van der Waals surface area contributed by atoms with Crippen LogP contribution in [0.2, 0.25) is 0 Å². The largest absolute Gasteiger partial charge is 0.517 e. The van der Waals surface area contributed by atoms with Gasteiger partial charge in [-0.25, -0.2) is 0 Å². The second kappa shape index (κ2) is 13.8. The van der Waals surface area contributed by atoms with Crippen LogP contribution in [0.4, 0.5) is 0 Å². The molecule has 0 radical (unpaired) electrons. The number of carbonyl (C=O) groups is 1. The van der Waals surface area contributed by atoms with E-state index in [1.165, 1.54) is 19.3 Å². The molecule has 0 heterocycles. The van der Waals surface area contributed by atoms with E-state index in [1.807, 2.05) is 32.6 Å². The lowest BCUT2D eigenvalue weighted by Gasteiger charge is -2.30. The number of rotatable bonds is 15. The van der Waals surface area contributed by atoms with Crippen LogP contribution in [0.1, 0.15) is 43.6 Å². The smallest absolute Gasteiger partial charge is 0.496 e. The van der Waals surface area contributed by atoms with E-state index in [0.29, 0.717) is 25.4 Å². The van der Waals surface area contributed by atoms with E-state index in [4.69, 9.17) is 14.2 Å². The van der Waals surface area contributed by atoms with Gasteiger partial charge in [-0.2, -0.15) is 0 Å². The molecule has 0 N–H and O–H groups in total.